The zero-order valence-electron chi connectivity index (χ0n) is 46.7. The molecule has 24 heteroatoms. The molecular formula is C54H79ClN6O16S. The number of thioether (sulfide) groups is 1. The van der Waals surface area contributed by atoms with E-state index < -0.39 is 102 Å². The number of hydrogen-bond acceptors (Lipinski definition) is 17. The fourth-order valence-electron chi connectivity index (χ4n) is 9.42. The van der Waals surface area contributed by atoms with Crippen molar-refractivity contribution in [2.24, 2.45) is 5.92 Å². The lowest BCUT2D eigenvalue weighted by molar-refractivity contribution is -0.162. The molecule has 4 aliphatic rings. The van der Waals surface area contributed by atoms with Gasteiger partial charge in [0.25, 0.3) is 0 Å². The third-order valence-electron chi connectivity index (χ3n) is 14.5. The van der Waals surface area contributed by atoms with Gasteiger partial charge >= 0.3 is 24.2 Å². The highest BCUT2D eigenvalue weighted by molar-refractivity contribution is 7.99. The van der Waals surface area contributed by atoms with Crippen LogP contribution in [0.1, 0.15) is 78.2 Å². The van der Waals surface area contributed by atoms with Gasteiger partial charge in [0.15, 0.2) is 5.72 Å². The Morgan fingerprint density at radius 2 is 1.76 bits per heavy atom. The van der Waals surface area contributed by atoms with Crippen LogP contribution in [0.25, 0.3) is 0 Å². The molecule has 0 aromatic heterocycles. The van der Waals surface area contributed by atoms with E-state index in [1.54, 1.807) is 45.2 Å². The summed E-state index contributed by atoms with van der Waals surface area (Å²) >= 11 is 8.24. The summed E-state index contributed by atoms with van der Waals surface area (Å²) < 4.78 is 46.7. The van der Waals surface area contributed by atoms with Crippen LogP contribution in [-0.2, 0) is 58.8 Å². The van der Waals surface area contributed by atoms with Gasteiger partial charge in [-0.1, -0.05) is 54.8 Å². The first-order valence-corrected chi connectivity index (χ1v) is 27.9. The number of carbonyl (C=O) groups excluding carboxylic acids is 7. The van der Waals surface area contributed by atoms with Crippen LogP contribution in [0.15, 0.2) is 48.1 Å². The molecule has 22 nitrogen and oxygen atoms in total. The topological polar surface area (TPSA) is 254 Å². The second-order valence-electron chi connectivity index (χ2n) is 20.4. The molecule has 434 valence electrons. The molecular weight excluding hydrogens is 1060 g/mol. The van der Waals surface area contributed by atoms with Crippen LogP contribution in [0.2, 0.25) is 5.02 Å². The van der Waals surface area contributed by atoms with Crippen LogP contribution in [0, 0.1) is 5.92 Å². The molecule has 3 aliphatic heterocycles. The Kier molecular flexibility index (Phi) is 23.5. The first-order valence-electron chi connectivity index (χ1n) is 26.1. The van der Waals surface area contributed by atoms with Gasteiger partial charge in [-0.2, -0.15) is 11.8 Å². The number of likely N-dealkylation sites (N-methyl/N-ethyl adjacent to an activating group) is 3. The molecule has 10 atom stereocenters. The number of benzene rings is 1. The molecule has 2 saturated heterocycles. The molecule has 78 heavy (non-hydrogen) atoms. The predicted octanol–water partition coefficient (Wildman–Crippen LogP) is 5.40. The number of esters is 1. The van der Waals surface area contributed by atoms with Crippen molar-refractivity contribution in [2.45, 2.75) is 133 Å². The monoisotopic (exact) mass is 1130 g/mol. The minimum absolute atomic E-state index is 0.0705. The smallest absolute Gasteiger partial charge is 0.410 e. The average Bonchev–Trinajstić information content (AvgIpc) is 4.26. The number of hydrogen-bond donors (Lipinski definition) is 3. The van der Waals surface area contributed by atoms with Gasteiger partial charge in [-0.3, -0.25) is 19.7 Å². The zero-order valence-corrected chi connectivity index (χ0v) is 48.3. The van der Waals surface area contributed by atoms with E-state index in [0.29, 0.717) is 36.6 Å². The summed E-state index contributed by atoms with van der Waals surface area (Å²) in [7, 11) is 8.83. The second-order valence-corrected chi connectivity index (χ2v) is 21.6. The van der Waals surface area contributed by atoms with Crippen molar-refractivity contribution in [1.82, 2.24) is 25.3 Å². The molecule has 3 heterocycles. The van der Waals surface area contributed by atoms with Crippen LogP contribution >= 0.6 is 23.4 Å². The second kappa shape index (κ2) is 29.0. The molecule has 0 spiro atoms. The Hall–Kier alpha value is -5.59. The maximum atomic E-state index is 14.4. The van der Waals surface area contributed by atoms with E-state index in [1.807, 2.05) is 31.4 Å². The number of amides is 6. The quantitative estimate of drug-likeness (QED) is 0.0547. The molecule has 1 aliphatic carbocycles. The van der Waals surface area contributed by atoms with Crippen molar-refractivity contribution in [1.29, 1.82) is 0 Å². The van der Waals surface area contributed by atoms with Gasteiger partial charge < -0.3 is 67.9 Å². The number of anilines is 1. The van der Waals surface area contributed by atoms with E-state index in [2.05, 4.69) is 10.6 Å². The number of nitrogens with zero attached hydrogens (tertiary/aromatic N) is 4. The number of fused-ring (bicyclic) bond motifs is 5. The Morgan fingerprint density at radius 1 is 1.04 bits per heavy atom. The molecule has 0 saturated carbocycles. The summed E-state index contributed by atoms with van der Waals surface area (Å²) in [5.74, 6) is -1.95. The highest BCUT2D eigenvalue weighted by atomic mass is 35.5. The molecule has 1 aromatic carbocycles. The van der Waals surface area contributed by atoms with Crippen molar-refractivity contribution in [3.63, 3.8) is 0 Å². The van der Waals surface area contributed by atoms with Gasteiger partial charge in [0.2, 0.25) is 17.7 Å². The van der Waals surface area contributed by atoms with Crippen molar-refractivity contribution >= 4 is 71.0 Å². The first-order chi connectivity index (χ1) is 37.0. The number of allylic oxidation sites excluding steroid dienone is 4. The van der Waals surface area contributed by atoms with Gasteiger partial charge in [0.05, 0.1) is 50.2 Å². The minimum Gasteiger partial charge on any atom is -0.495 e. The van der Waals surface area contributed by atoms with Crippen molar-refractivity contribution < 1.29 is 76.6 Å². The van der Waals surface area contributed by atoms with Gasteiger partial charge in [-0.15, -0.1) is 0 Å². The van der Waals surface area contributed by atoms with E-state index >= 15 is 0 Å². The van der Waals surface area contributed by atoms with Gasteiger partial charge in [0.1, 0.15) is 53.4 Å². The van der Waals surface area contributed by atoms with Crippen LogP contribution in [0.4, 0.5) is 20.1 Å². The molecule has 2 unspecified atom stereocenters. The van der Waals surface area contributed by atoms with Crippen LogP contribution < -0.4 is 20.3 Å². The number of halogens is 1. The van der Waals surface area contributed by atoms with Crippen LogP contribution in [0.3, 0.4) is 0 Å². The number of nitrogens with one attached hydrogen (secondary N) is 2. The lowest BCUT2D eigenvalue weighted by atomic mass is 9.83. The highest BCUT2D eigenvalue weighted by Crippen LogP contribution is 2.49. The molecule has 5 rings (SSSR count). The molecule has 6 amide bonds. The summed E-state index contributed by atoms with van der Waals surface area (Å²) in [6, 6.07) is 2.33. The van der Waals surface area contributed by atoms with Crippen LogP contribution in [-0.4, -0.2) is 203 Å². The van der Waals surface area contributed by atoms with Gasteiger partial charge in [-0.25, -0.2) is 19.2 Å². The van der Waals surface area contributed by atoms with Crippen molar-refractivity contribution in [3.8, 4) is 5.75 Å². The molecule has 2 fully saturated rings. The van der Waals surface area contributed by atoms with Gasteiger partial charge in [-0.05, 0) is 76.5 Å². The summed E-state index contributed by atoms with van der Waals surface area (Å²) in [4.78, 5) is 98.1. The maximum Gasteiger partial charge on any atom is 0.410 e. The number of alkyl carbamates (subject to hydrolysis) is 1. The van der Waals surface area contributed by atoms with E-state index in [0.717, 1.165) is 35.3 Å². The number of aliphatic hydroxyl groups is 1. The van der Waals surface area contributed by atoms with E-state index in [9.17, 15) is 38.7 Å². The number of epoxide rings is 1. The number of ether oxygens (including phenoxy) is 8. The lowest BCUT2D eigenvalue weighted by Crippen LogP contribution is -2.63. The predicted molar refractivity (Wildman–Crippen MR) is 291 cm³/mol. The Labute approximate surface area is 466 Å². The fraction of sp³-hybridized carbons (Fsp3) is 0.648. The number of carbonyl (C=O) groups is 7. The summed E-state index contributed by atoms with van der Waals surface area (Å²) in [6.07, 6.45) is 6.52. The fourth-order valence-corrected chi connectivity index (χ4v) is 10.1. The van der Waals surface area contributed by atoms with E-state index in [4.69, 9.17) is 49.5 Å². The Morgan fingerprint density at radius 3 is 2.45 bits per heavy atom. The maximum absolute atomic E-state index is 14.4. The van der Waals surface area contributed by atoms with E-state index in [-0.39, 0.29) is 50.1 Å². The molecule has 1 aromatic rings. The lowest BCUT2D eigenvalue weighted by Gasteiger charge is -2.42. The normalized spacial score (nSPS) is 28.2. The van der Waals surface area contributed by atoms with Crippen molar-refractivity contribution in [3.05, 3.63) is 58.7 Å². The van der Waals surface area contributed by atoms with E-state index in [1.165, 1.54) is 68.7 Å². The summed E-state index contributed by atoms with van der Waals surface area (Å²) in [6.45, 7) is 7.20. The average molecular weight is 1140 g/mol. The van der Waals surface area contributed by atoms with Gasteiger partial charge in [0, 0.05) is 67.3 Å². The SMILES string of the molecule is COc1cc2cc(c1Cl)N(C)C(=O)C[C@H](OC(=O)[C@H](C)N(C)C(=O)CCOC(=O)N(C)CCN(C)C(=O)OC1/C=C/CCCCC1OCCNC(=O)CSC)[C@]1(C)O[C@H]1[C@H](C)[C@@H]1C[C@@](O)(NC(=O)O1)[C@H](OC)/C=C/C=C(\C)C2. The third kappa shape index (κ3) is 17.0. The summed E-state index contributed by atoms with van der Waals surface area (Å²) in [5, 5.41) is 17.3. The summed E-state index contributed by atoms with van der Waals surface area (Å²) in [5.41, 5.74) is -1.23. The number of methoxy groups -OCH3 is 2. The third-order valence-corrected chi connectivity index (χ3v) is 15.5. The molecule has 3 N–H and O–H groups in total. The van der Waals surface area contributed by atoms with Crippen molar-refractivity contribution in [2.75, 3.05) is 92.2 Å². The standard InChI is InChI=1S/C54H79ClN6O16S/c1-33-17-16-20-42(71-10)54(69)31-41(74-50(66)57-54)34(2)48-53(4,77-48)43(30-46(64)61(8)37-28-36(27-33)29-40(70-9)47(37)55)76-49(65)35(3)60(7)45(63)21-25-73-51(67)58(5)23-24-59(6)52(68)75-39-19-15-13-12-14-18-38(39)72-26-22-56-44(62)32-78-11/h15-17,19-20,28-29,34-35,38-39,41-43,48,69H,12-14,18,21-27,30-32H2,1-11H3,(H,56,62)(H,57,66)/b19-15+,20-16+,33-17+/t34-,35+,38?,39?,41+,42-,43+,48+,53+,54+/m1/s1. The molecule has 0 radical (unpaired) electrons. The largest absolute Gasteiger partial charge is 0.495 e. The first kappa shape index (κ1) is 63.2. The Balaban J connectivity index is 1.21. The number of rotatable bonds is 18. The van der Waals surface area contributed by atoms with Crippen LogP contribution in [0.5, 0.6) is 5.75 Å². The Bertz CT molecular complexity index is 2390. The highest BCUT2D eigenvalue weighted by Gasteiger charge is 2.64. The zero-order chi connectivity index (χ0) is 57.5. The minimum atomic E-state index is -1.89. The molecule has 4 bridgehead atoms.